The van der Waals surface area contributed by atoms with Crippen LogP contribution in [-0.2, 0) is 4.74 Å². The van der Waals surface area contributed by atoms with E-state index in [9.17, 15) is 0 Å². The smallest absolute Gasteiger partial charge is 0.151 e. The Balaban J connectivity index is 1.48. The van der Waals surface area contributed by atoms with Gasteiger partial charge in [-0.1, -0.05) is 0 Å². The molecule has 3 heterocycles. The van der Waals surface area contributed by atoms with Gasteiger partial charge in [0.2, 0.25) is 0 Å². The molecule has 3 rings (SSSR count). The Morgan fingerprint density at radius 2 is 2.30 bits per heavy atom. The van der Waals surface area contributed by atoms with E-state index in [0.29, 0.717) is 12.1 Å². The molecule has 2 atom stereocenters. The van der Waals surface area contributed by atoms with Crippen LogP contribution in [0.5, 0.6) is 0 Å². The van der Waals surface area contributed by atoms with Gasteiger partial charge in [0.05, 0.1) is 6.10 Å². The van der Waals surface area contributed by atoms with E-state index >= 15 is 0 Å². The molecule has 0 spiro atoms. The lowest BCUT2D eigenvalue weighted by atomic mass is 10.0. The molecule has 5 nitrogen and oxygen atoms in total. The highest BCUT2D eigenvalue weighted by molar-refractivity contribution is 5.37. The standard InChI is InChI=1S/C15H24N4O/c1-2-10-20-14(6-1)11-16-13-5-4-9-19(12-13)15-7-3-8-17-18-15/h3,7-8,13-14,16H,1-2,4-6,9-12H2. The van der Waals surface area contributed by atoms with Crippen molar-refractivity contribution in [2.75, 3.05) is 31.1 Å². The van der Waals surface area contributed by atoms with Crippen LogP contribution in [-0.4, -0.2) is 48.6 Å². The van der Waals surface area contributed by atoms with Crippen LogP contribution >= 0.6 is 0 Å². The molecule has 2 unspecified atom stereocenters. The van der Waals surface area contributed by atoms with Crippen LogP contribution in [0, 0.1) is 0 Å². The summed E-state index contributed by atoms with van der Waals surface area (Å²) >= 11 is 0. The summed E-state index contributed by atoms with van der Waals surface area (Å²) in [4.78, 5) is 2.33. The number of nitrogens with one attached hydrogen (secondary N) is 1. The molecule has 0 amide bonds. The first-order valence-corrected chi connectivity index (χ1v) is 7.79. The first kappa shape index (κ1) is 13.8. The summed E-state index contributed by atoms with van der Waals surface area (Å²) in [6.07, 6.45) is 8.32. The van der Waals surface area contributed by atoms with Crippen molar-refractivity contribution < 1.29 is 4.74 Å². The number of anilines is 1. The molecule has 0 aromatic carbocycles. The quantitative estimate of drug-likeness (QED) is 0.905. The van der Waals surface area contributed by atoms with Crippen molar-refractivity contribution in [3.05, 3.63) is 18.3 Å². The molecule has 2 saturated heterocycles. The summed E-state index contributed by atoms with van der Waals surface area (Å²) in [6.45, 7) is 4.02. The third kappa shape index (κ3) is 3.67. The lowest BCUT2D eigenvalue weighted by Gasteiger charge is -2.35. The minimum absolute atomic E-state index is 0.413. The van der Waals surface area contributed by atoms with Crippen molar-refractivity contribution in [3.63, 3.8) is 0 Å². The van der Waals surface area contributed by atoms with E-state index in [2.05, 4.69) is 20.4 Å². The van der Waals surface area contributed by atoms with Gasteiger partial charge < -0.3 is 15.0 Å². The topological polar surface area (TPSA) is 50.3 Å². The fourth-order valence-corrected chi connectivity index (χ4v) is 3.08. The van der Waals surface area contributed by atoms with Crippen LogP contribution in [0.15, 0.2) is 18.3 Å². The largest absolute Gasteiger partial charge is 0.377 e. The summed E-state index contributed by atoms with van der Waals surface area (Å²) in [6, 6.07) is 4.53. The van der Waals surface area contributed by atoms with E-state index in [1.54, 1.807) is 6.20 Å². The summed E-state index contributed by atoms with van der Waals surface area (Å²) < 4.78 is 5.78. The fraction of sp³-hybridized carbons (Fsp3) is 0.733. The molecular weight excluding hydrogens is 252 g/mol. The van der Waals surface area contributed by atoms with Crippen LogP contribution in [0.2, 0.25) is 0 Å². The van der Waals surface area contributed by atoms with E-state index in [1.165, 1.54) is 32.1 Å². The normalized spacial score (nSPS) is 27.5. The number of hydrogen-bond acceptors (Lipinski definition) is 5. The molecule has 110 valence electrons. The van der Waals surface area contributed by atoms with Crippen molar-refractivity contribution in [3.8, 4) is 0 Å². The second-order valence-electron chi connectivity index (χ2n) is 5.76. The lowest BCUT2D eigenvalue weighted by Crippen LogP contribution is -2.48. The second kappa shape index (κ2) is 6.99. The van der Waals surface area contributed by atoms with Gasteiger partial charge in [-0.3, -0.25) is 0 Å². The SMILES string of the molecule is c1cnnc(N2CCCC(NCC3CCCCO3)C2)c1. The number of ether oxygens (including phenoxy) is 1. The van der Waals surface area contributed by atoms with E-state index in [4.69, 9.17) is 4.74 Å². The molecular formula is C15H24N4O. The van der Waals surface area contributed by atoms with Gasteiger partial charge in [0.1, 0.15) is 0 Å². The zero-order valence-corrected chi connectivity index (χ0v) is 12.0. The predicted octanol–water partition coefficient (Wildman–Crippen LogP) is 1.60. The highest BCUT2D eigenvalue weighted by Crippen LogP contribution is 2.17. The van der Waals surface area contributed by atoms with E-state index in [1.807, 2.05) is 12.1 Å². The Kier molecular flexibility index (Phi) is 4.82. The predicted molar refractivity (Wildman–Crippen MR) is 78.9 cm³/mol. The van der Waals surface area contributed by atoms with Crippen LogP contribution < -0.4 is 10.2 Å². The van der Waals surface area contributed by atoms with Crippen molar-refractivity contribution >= 4 is 5.82 Å². The molecule has 0 saturated carbocycles. The minimum atomic E-state index is 0.413. The Bertz CT molecular complexity index is 394. The van der Waals surface area contributed by atoms with Gasteiger partial charge in [-0.15, -0.1) is 5.10 Å². The van der Waals surface area contributed by atoms with Crippen LogP contribution in [0.3, 0.4) is 0 Å². The second-order valence-corrected chi connectivity index (χ2v) is 5.76. The van der Waals surface area contributed by atoms with E-state index in [-0.39, 0.29) is 0 Å². The molecule has 0 aliphatic carbocycles. The van der Waals surface area contributed by atoms with Gasteiger partial charge in [0.25, 0.3) is 0 Å². The zero-order valence-electron chi connectivity index (χ0n) is 12.0. The Morgan fingerprint density at radius 3 is 3.10 bits per heavy atom. The van der Waals surface area contributed by atoms with Crippen molar-refractivity contribution in [2.45, 2.75) is 44.2 Å². The van der Waals surface area contributed by atoms with Gasteiger partial charge in [0, 0.05) is 38.5 Å². The maximum absolute atomic E-state index is 5.78. The third-order valence-corrected chi connectivity index (χ3v) is 4.21. The Labute approximate surface area is 120 Å². The third-order valence-electron chi connectivity index (χ3n) is 4.21. The van der Waals surface area contributed by atoms with E-state index in [0.717, 1.165) is 32.1 Å². The summed E-state index contributed by atoms with van der Waals surface area (Å²) in [7, 11) is 0. The van der Waals surface area contributed by atoms with Crippen LogP contribution in [0.4, 0.5) is 5.82 Å². The highest BCUT2D eigenvalue weighted by Gasteiger charge is 2.22. The first-order chi connectivity index (χ1) is 9.92. The molecule has 1 N–H and O–H groups in total. The Hall–Kier alpha value is -1.20. The van der Waals surface area contributed by atoms with Crippen molar-refractivity contribution in [2.24, 2.45) is 0 Å². The Morgan fingerprint density at radius 1 is 1.30 bits per heavy atom. The van der Waals surface area contributed by atoms with E-state index < -0.39 is 0 Å². The number of nitrogens with zero attached hydrogens (tertiary/aromatic N) is 3. The highest BCUT2D eigenvalue weighted by atomic mass is 16.5. The number of hydrogen-bond donors (Lipinski definition) is 1. The van der Waals surface area contributed by atoms with Gasteiger partial charge in [-0.05, 0) is 44.2 Å². The number of piperidine rings is 1. The molecule has 1 aromatic rings. The monoisotopic (exact) mass is 276 g/mol. The van der Waals surface area contributed by atoms with Crippen molar-refractivity contribution in [1.82, 2.24) is 15.5 Å². The number of aromatic nitrogens is 2. The zero-order chi connectivity index (χ0) is 13.6. The van der Waals surface area contributed by atoms with Crippen LogP contribution in [0.25, 0.3) is 0 Å². The summed E-state index contributed by atoms with van der Waals surface area (Å²) in [5, 5.41) is 11.9. The van der Waals surface area contributed by atoms with Gasteiger partial charge in [-0.2, -0.15) is 5.10 Å². The van der Waals surface area contributed by atoms with Gasteiger partial charge in [0.15, 0.2) is 5.82 Å². The van der Waals surface area contributed by atoms with Gasteiger partial charge in [-0.25, -0.2) is 0 Å². The maximum Gasteiger partial charge on any atom is 0.151 e. The molecule has 1 aromatic heterocycles. The lowest BCUT2D eigenvalue weighted by molar-refractivity contribution is 0.0151. The van der Waals surface area contributed by atoms with Crippen LogP contribution in [0.1, 0.15) is 32.1 Å². The summed E-state index contributed by atoms with van der Waals surface area (Å²) in [5.41, 5.74) is 0. The van der Waals surface area contributed by atoms with Crippen molar-refractivity contribution in [1.29, 1.82) is 0 Å². The molecule has 0 bridgehead atoms. The molecule has 2 aliphatic heterocycles. The maximum atomic E-state index is 5.78. The minimum Gasteiger partial charge on any atom is -0.377 e. The number of rotatable bonds is 4. The average Bonchev–Trinajstić information content (AvgIpc) is 2.55. The molecule has 2 fully saturated rings. The molecule has 0 radical (unpaired) electrons. The molecule has 5 heteroatoms. The summed E-state index contributed by atoms with van der Waals surface area (Å²) in [5.74, 6) is 0.993. The molecule has 2 aliphatic rings. The first-order valence-electron chi connectivity index (χ1n) is 7.79. The fourth-order valence-electron chi connectivity index (χ4n) is 3.08. The average molecular weight is 276 g/mol. The van der Waals surface area contributed by atoms with Gasteiger partial charge >= 0.3 is 0 Å². The molecule has 20 heavy (non-hydrogen) atoms.